The van der Waals surface area contributed by atoms with Crippen LogP contribution in [0.25, 0.3) is 11.1 Å². The Balaban J connectivity index is 1.44. The van der Waals surface area contributed by atoms with Crippen LogP contribution in [0.1, 0.15) is 17.2 Å². The van der Waals surface area contributed by atoms with E-state index >= 15 is 0 Å². The number of carbonyl (C=O) groups excluding carboxylic acids is 1. The van der Waals surface area contributed by atoms with E-state index in [0.717, 1.165) is 23.7 Å². The Kier molecular flexibility index (Phi) is 5.55. The van der Waals surface area contributed by atoms with Gasteiger partial charge in [0.05, 0.1) is 5.92 Å². The van der Waals surface area contributed by atoms with Gasteiger partial charge < -0.3 is 10.6 Å². The van der Waals surface area contributed by atoms with Crippen molar-refractivity contribution < 1.29 is 18.0 Å². The molecule has 0 saturated carbocycles. The monoisotopic (exact) mass is 411 g/mol. The van der Waals surface area contributed by atoms with E-state index in [1.807, 2.05) is 30.3 Å². The molecule has 154 valence electrons. The summed E-state index contributed by atoms with van der Waals surface area (Å²) in [6.45, 7) is 1.36. The fourth-order valence-corrected chi connectivity index (χ4v) is 3.72. The van der Waals surface area contributed by atoms with Gasteiger partial charge in [0.2, 0.25) is 5.91 Å². The fourth-order valence-electron chi connectivity index (χ4n) is 3.72. The molecule has 30 heavy (non-hydrogen) atoms. The zero-order valence-corrected chi connectivity index (χ0v) is 16.0. The maximum Gasteiger partial charge on any atom is 0.433 e. The lowest BCUT2D eigenvalue weighted by Gasteiger charge is -2.18. The lowest BCUT2D eigenvalue weighted by molar-refractivity contribution is -0.141. The number of nitrogens with zero attached hydrogens (tertiary/aromatic N) is 1. The lowest BCUT2D eigenvalue weighted by atomic mass is 9.88. The molecule has 0 aliphatic carbocycles. The van der Waals surface area contributed by atoms with E-state index in [4.69, 9.17) is 0 Å². The average Bonchev–Trinajstić information content (AvgIpc) is 3.25. The molecule has 1 fully saturated rings. The van der Waals surface area contributed by atoms with Crippen LogP contribution >= 0.6 is 0 Å². The molecule has 2 atom stereocenters. The van der Waals surface area contributed by atoms with Gasteiger partial charge in [-0.1, -0.05) is 48.5 Å². The molecule has 4 nitrogen and oxygen atoms in total. The molecular weight excluding hydrogens is 391 g/mol. The minimum atomic E-state index is -4.46. The number of halogens is 3. The summed E-state index contributed by atoms with van der Waals surface area (Å²) in [5.41, 5.74) is 2.15. The van der Waals surface area contributed by atoms with E-state index in [0.29, 0.717) is 17.8 Å². The molecule has 1 unspecified atom stereocenters. The van der Waals surface area contributed by atoms with E-state index in [1.165, 1.54) is 12.3 Å². The Hall–Kier alpha value is -3.19. The van der Waals surface area contributed by atoms with Crippen molar-refractivity contribution >= 4 is 11.6 Å². The third-order valence-corrected chi connectivity index (χ3v) is 5.32. The van der Waals surface area contributed by atoms with Crippen LogP contribution in [0.3, 0.4) is 0 Å². The van der Waals surface area contributed by atoms with Crippen molar-refractivity contribution in [3.05, 3.63) is 84.2 Å². The van der Waals surface area contributed by atoms with Gasteiger partial charge in [-0.3, -0.25) is 9.78 Å². The standard InChI is InChI=1S/C23H20F3N3O/c24-23(25,26)21-11-8-17(12-28-21)15-6-9-18(10-7-15)29-22(30)20-14-27-13-19(20)16-4-2-1-3-5-16/h1-12,19-20,27H,13-14H2,(H,29,30)/t19-,20?/m0/s1. The third-order valence-electron chi connectivity index (χ3n) is 5.32. The van der Waals surface area contributed by atoms with Crippen molar-refractivity contribution in [3.63, 3.8) is 0 Å². The number of benzene rings is 2. The van der Waals surface area contributed by atoms with Gasteiger partial charge in [-0.15, -0.1) is 0 Å². The Bertz CT molecular complexity index is 1000. The maximum atomic E-state index is 12.8. The Morgan fingerprint density at radius 1 is 0.933 bits per heavy atom. The van der Waals surface area contributed by atoms with Crippen LogP contribution < -0.4 is 10.6 Å². The predicted molar refractivity (Wildman–Crippen MR) is 109 cm³/mol. The molecule has 1 aliphatic rings. The molecule has 4 rings (SSSR count). The number of hydrogen-bond donors (Lipinski definition) is 2. The second kappa shape index (κ2) is 8.28. The highest BCUT2D eigenvalue weighted by atomic mass is 19.4. The molecule has 1 amide bonds. The molecule has 1 aromatic heterocycles. The van der Waals surface area contributed by atoms with Crippen molar-refractivity contribution in [2.24, 2.45) is 5.92 Å². The summed E-state index contributed by atoms with van der Waals surface area (Å²) in [7, 11) is 0. The number of amides is 1. The molecule has 2 heterocycles. The highest BCUT2D eigenvalue weighted by Gasteiger charge is 2.34. The van der Waals surface area contributed by atoms with E-state index in [2.05, 4.69) is 15.6 Å². The fraction of sp³-hybridized carbons (Fsp3) is 0.217. The highest BCUT2D eigenvalue weighted by Crippen LogP contribution is 2.31. The number of rotatable bonds is 4. The van der Waals surface area contributed by atoms with E-state index in [1.54, 1.807) is 24.3 Å². The lowest BCUT2D eigenvalue weighted by Crippen LogP contribution is -2.28. The Morgan fingerprint density at radius 3 is 2.27 bits per heavy atom. The maximum absolute atomic E-state index is 12.8. The highest BCUT2D eigenvalue weighted by molar-refractivity contribution is 5.94. The molecule has 2 aromatic carbocycles. The minimum absolute atomic E-state index is 0.0576. The van der Waals surface area contributed by atoms with Gasteiger partial charge in [0.15, 0.2) is 0 Å². The summed E-state index contributed by atoms with van der Waals surface area (Å²) in [4.78, 5) is 16.3. The van der Waals surface area contributed by atoms with Crippen molar-refractivity contribution in [1.82, 2.24) is 10.3 Å². The second-order valence-corrected chi connectivity index (χ2v) is 7.28. The quantitative estimate of drug-likeness (QED) is 0.654. The molecule has 2 N–H and O–H groups in total. The first kappa shape index (κ1) is 20.1. The number of anilines is 1. The van der Waals surface area contributed by atoms with Crippen LogP contribution in [0.4, 0.5) is 18.9 Å². The van der Waals surface area contributed by atoms with E-state index < -0.39 is 11.9 Å². The summed E-state index contributed by atoms with van der Waals surface area (Å²) in [5.74, 6) is -0.118. The molecule has 0 bridgehead atoms. The number of carbonyl (C=O) groups is 1. The first-order chi connectivity index (χ1) is 14.4. The average molecular weight is 411 g/mol. The molecule has 0 spiro atoms. The number of hydrogen-bond acceptors (Lipinski definition) is 3. The molecule has 1 aliphatic heterocycles. The zero-order valence-electron chi connectivity index (χ0n) is 16.0. The Morgan fingerprint density at radius 2 is 1.63 bits per heavy atom. The molecular formula is C23H20F3N3O. The molecule has 7 heteroatoms. The van der Waals surface area contributed by atoms with Gasteiger partial charge in [0.1, 0.15) is 5.69 Å². The summed E-state index contributed by atoms with van der Waals surface area (Å²) >= 11 is 0. The Labute approximate surface area is 172 Å². The normalized spacial score (nSPS) is 18.9. The van der Waals surface area contributed by atoms with Gasteiger partial charge in [-0.05, 0) is 29.3 Å². The van der Waals surface area contributed by atoms with E-state index in [-0.39, 0.29) is 17.7 Å². The minimum Gasteiger partial charge on any atom is -0.326 e. The van der Waals surface area contributed by atoms with Crippen LogP contribution in [-0.4, -0.2) is 24.0 Å². The van der Waals surface area contributed by atoms with Crippen LogP contribution in [0, 0.1) is 5.92 Å². The van der Waals surface area contributed by atoms with Gasteiger partial charge in [-0.25, -0.2) is 0 Å². The SMILES string of the molecule is O=C(Nc1ccc(-c2ccc(C(F)(F)F)nc2)cc1)C1CNC[C@H]1c1ccccc1. The zero-order chi connectivity index (χ0) is 21.1. The number of pyridine rings is 1. The number of nitrogens with one attached hydrogen (secondary N) is 2. The first-order valence-electron chi connectivity index (χ1n) is 9.62. The topological polar surface area (TPSA) is 54.0 Å². The van der Waals surface area contributed by atoms with Crippen LogP contribution in [0.2, 0.25) is 0 Å². The summed E-state index contributed by atoms with van der Waals surface area (Å²) in [6.07, 6.45) is -3.26. The largest absolute Gasteiger partial charge is 0.433 e. The van der Waals surface area contributed by atoms with Crippen molar-refractivity contribution in [2.75, 3.05) is 18.4 Å². The first-order valence-corrected chi connectivity index (χ1v) is 9.62. The summed E-state index contributed by atoms with van der Waals surface area (Å²) in [5, 5.41) is 6.23. The number of alkyl halides is 3. The van der Waals surface area contributed by atoms with Gasteiger partial charge in [-0.2, -0.15) is 13.2 Å². The summed E-state index contributed by atoms with van der Waals surface area (Å²) in [6, 6.07) is 19.3. The molecule has 0 radical (unpaired) electrons. The molecule has 1 saturated heterocycles. The van der Waals surface area contributed by atoms with Crippen LogP contribution in [-0.2, 0) is 11.0 Å². The van der Waals surface area contributed by atoms with Crippen molar-refractivity contribution in [3.8, 4) is 11.1 Å². The molecule has 3 aromatic rings. The van der Waals surface area contributed by atoms with Crippen molar-refractivity contribution in [1.29, 1.82) is 0 Å². The van der Waals surface area contributed by atoms with Crippen LogP contribution in [0.5, 0.6) is 0 Å². The third kappa shape index (κ3) is 4.36. The van der Waals surface area contributed by atoms with E-state index in [9.17, 15) is 18.0 Å². The van der Waals surface area contributed by atoms with Gasteiger partial charge in [0.25, 0.3) is 0 Å². The van der Waals surface area contributed by atoms with Crippen LogP contribution in [0.15, 0.2) is 72.9 Å². The summed E-state index contributed by atoms with van der Waals surface area (Å²) < 4.78 is 38.0. The van der Waals surface area contributed by atoms with Gasteiger partial charge in [0, 0.05) is 36.5 Å². The van der Waals surface area contributed by atoms with Crippen molar-refractivity contribution in [2.45, 2.75) is 12.1 Å². The number of aromatic nitrogens is 1. The van der Waals surface area contributed by atoms with Gasteiger partial charge >= 0.3 is 6.18 Å². The second-order valence-electron chi connectivity index (χ2n) is 7.28. The smallest absolute Gasteiger partial charge is 0.326 e. The predicted octanol–water partition coefficient (Wildman–Crippen LogP) is 4.71.